The van der Waals surface area contributed by atoms with Crippen molar-refractivity contribution in [2.24, 2.45) is 0 Å². The van der Waals surface area contributed by atoms with Crippen LogP contribution in [0, 0.1) is 6.92 Å². The Morgan fingerprint density at radius 1 is 1.23 bits per heavy atom. The van der Waals surface area contributed by atoms with Crippen molar-refractivity contribution in [3.63, 3.8) is 0 Å². The second-order valence-corrected chi connectivity index (χ2v) is 6.05. The van der Waals surface area contributed by atoms with Crippen LogP contribution in [0.4, 0.5) is 0 Å². The highest BCUT2D eigenvalue weighted by atomic mass is 16.5. The lowest BCUT2D eigenvalue weighted by Gasteiger charge is -2.05. The molecule has 0 aromatic carbocycles. The first-order chi connectivity index (χ1) is 12.6. The minimum atomic E-state index is 0.140. The van der Waals surface area contributed by atoms with Gasteiger partial charge in [-0.3, -0.25) is 14.2 Å². The minimum absolute atomic E-state index is 0.140. The van der Waals surface area contributed by atoms with E-state index in [1.165, 1.54) is 0 Å². The van der Waals surface area contributed by atoms with Crippen LogP contribution in [0.2, 0.25) is 0 Å². The SMILES string of the molecule is CCn1ccc(-n2cc3nc(-c4cncc(OC)c4)cc(C)c3c2O)n1. The van der Waals surface area contributed by atoms with E-state index in [0.29, 0.717) is 17.1 Å². The molecule has 7 nitrogen and oxygen atoms in total. The van der Waals surface area contributed by atoms with Crippen LogP contribution >= 0.6 is 0 Å². The fourth-order valence-electron chi connectivity index (χ4n) is 3.03. The molecule has 4 rings (SSSR count). The molecule has 4 aromatic heterocycles. The smallest absolute Gasteiger partial charge is 0.206 e. The molecule has 0 saturated heterocycles. The molecule has 0 bridgehead atoms. The number of nitrogens with zero attached hydrogens (tertiary/aromatic N) is 5. The van der Waals surface area contributed by atoms with Crippen LogP contribution in [0.1, 0.15) is 12.5 Å². The number of hydrogen-bond donors (Lipinski definition) is 1. The summed E-state index contributed by atoms with van der Waals surface area (Å²) in [6.07, 6.45) is 7.08. The quantitative estimate of drug-likeness (QED) is 0.611. The van der Waals surface area contributed by atoms with Gasteiger partial charge in [0, 0.05) is 36.8 Å². The summed E-state index contributed by atoms with van der Waals surface area (Å²) in [7, 11) is 1.61. The average molecular weight is 349 g/mol. The summed E-state index contributed by atoms with van der Waals surface area (Å²) in [4.78, 5) is 8.90. The molecule has 0 unspecified atom stereocenters. The fraction of sp³-hybridized carbons (Fsp3) is 0.211. The number of aromatic nitrogens is 5. The highest BCUT2D eigenvalue weighted by molar-refractivity contribution is 5.90. The van der Waals surface area contributed by atoms with E-state index < -0.39 is 0 Å². The van der Waals surface area contributed by atoms with Gasteiger partial charge >= 0.3 is 0 Å². The molecule has 4 heterocycles. The maximum absolute atomic E-state index is 10.7. The fourth-order valence-corrected chi connectivity index (χ4v) is 3.03. The standard InChI is InChI=1S/C19H19N5O2/c1-4-23-6-5-17(22-23)24-11-16-18(19(24)25)12(2)7-15(21-16)13-8-14(26-3)10-20-9-13/h5-11,25H,4H2,1-3H3. The Kier molecular flexibility index (Phi) is 3.84. The van der Waals surface area contributed by atoms with Crippen LogP contribution in [0.5, 0.6) is 11.6 Å². The Hall–Kier alpha value is -3.35. The second-order valence-electron chi connectivity index (χ2n) is 6.05. The maximum atomic E-state index is 10.7. The number of aromatic hydroxyl groups is 1. The molecule has 0 spiro atoms. The summed E-state index contributed by atoms with van der Waals surface area (Å²) in [5, 5.41) is 15.9. The lowest BCUT2D eigenvalue weighted by molar-refractivity contribution is 0.413. The Labute approximate surface area is 150 Å². The zero-order valence-electron chi connectivity index (χ0n) is 14.8. The van der Waals surface area contributed by atoms with Crippen molar-refractivity contribution in [3.8, 4) is 28.7 Å². The summed E-state index contributed by atoms with van der Waals surface area (Å²) >= 11 is 0. The number of hydrogen-bond acceptors (Lipinski definition) is 5. The van der Waals surface area contributed by atoms with E-state index in [1.54, 1.807) is 30.3 Å². The van der Waals surface area contributed by atoms with Crippen LogP contribution in [-0.4, -0.2) is 36.5 Å². The van der Waals surface area contributed by atoms with Crippen molar-refractivity contribution >= 4 is 10.9 Å². The van der Waals surface area contributed by atoms with Gasteiger partial charge in [-0.15, -0.1) is 0 Å². The van der Waals surface area contributed by atoms with Gasteiger partial charge in [-0.25, -0.2) is 4.98 Å². The molecule has 26 heavy (non-hydrogen) atoms. The zero-order chi connectivity index (χ0) is 18.3. The first-order valence-electron chi connectivity index (χ1n) is 8.35. The first kappa shape index (κ1) is 16.1. The van der Waals surface area contributed by atoms with Crippen molar-refractivity contribution in [2.45, 2.75) is 20.4 Å². The predicted molar refractivity (Wildman–Crippen MR) is 98.7 cm³/mol. The molecule has 1 N–H and O–H groups in total. The molecule has 7 heteroatoms. The molecule has 0 atom stereocenters. The molecule has 0 amide bonds. The third-order valence-corrected chi connectivity index (χ3v) is 4.39. The van der Waals surface area contributed by atoms with E-state index in [1.807, 2.05) is 42.9 Å². The molecule has 0 radical (unpaired) electrons. The molecule has 0 aliphatic heterocycles. The Morgan fingerprint density at radius 2 is 2.08 bits per heavy atom. The van der Waals surface area contributed by atoms with Gasteiger partial charge in [-0.1, -0.05) is 0 Å². The third kappa shape index (κ3) is 2.57. The van der Waals surface area contributed by atoms with Crippen molar-refractivity contribution < 1.29 is 9.84 Å². The van der Waals surface area contributed by atoms with Gasteiger partial charge in [0.05, 0.1) is 29.9 Å². The van der Waals surface area contributed by atoms with Crippen molar-refractivity contribution in [1.82, 2.24) is 24.3 Å². The summed E-state index contributed by atoms with van der Waals surface area (Å²) < 4.78 is 8.71. The molecule has 132 valence electrons. The Balaban J connectivity index is 1.87. The molecule has 0 aliphatic carbocycles. The van der Waals surface area contributed by atoms with Gasteiger partial charge in [0.2, 0.25) is 5.88 Å². The number of rotatable bonds is 4. The predicted octanol–water partition coefficient (Wildman–Crippen LogP) is 3.33. The Morgan fingerprint density at radius 3 is 2.81 bits per heavy atom. The van der Waals surface area contributed by atoms with Crippen LogP contribution in [-0.2, 0) is 6.54 Å². The third-order valence-electron chi connectivity index (χ3n) is 4.39. The summed E-state index contributed by atoms with van der Waals surface area (Å²) in [6, 6.07) is 5.69. The van der Waals surface area contributed by atoms with Crippen LogP contribution in [0.25, 0.3) is 28.0 Å². The van der Waals surface area contributed by atoms with Crippen molar-refractivity contribution in [3.05, 3.63) is 48.5 Å². The second kappa shape index (κ2) is 6.18. The molecule has 0 aliphatic rings. The van der Waals surface area contributed by atoms with Gasteiger partial charge in [0.15, 0.2) is 5.82 Å². The van der Waals surface area contributed by atoms with Crippen LogP contribution in [0.3, 0.4) is 0 Å². The lowest BCUT2D eigenvalue weighted by atomic mass is 10.1. The van der Waals surface area contributed by atoms with E-state index in [2.05, 4.69) is 10.1 Å². The van der Waals surface area contributed by atoms with Gasteiger partial charge in [0.1, 0.15) is 5.75 Å². The number of aryl methyl sites for hydroxylation is 2. The van der Waals surface area contributed by atoms with Gasteiger partial charge in [0.25, 0.3) is 0 Å². The zero-order valence-corrected chi connectivity index (χ0v) is 14.8. The molecular formula is C19H19N5O2. The molecule has 0 saturated carbocycles. The number of ether oxygens (including phenoxy) is 1. The minimum Gasteiger partial charge on any atom is -0.495 e. The lowest BCUT2D eigenvalue weighted by Crippen LogP contribution is -1.97. The molecule has 4 aromatic rings. The van der Waals surface area contributed by atoms with E-state index in [9.17, 15) is 5.11 Å². The highest BCUT2D eigenvalue weighted by Crippen LogP contribution is 2.34. The Bertz CT molecular complexity index is 1100. The van der Waals surface area contributed by atoms with Crippen molar-refractivity contribution in [2.75, 3.05) is 7.11 Å². The van der Waals surface area contributed by atoms with Gasteiger partial charge in [-0.2, -0.15) is 5.10 Å². The largest absolute Gasteiger partial charge is 0.495 e. The molecular weight excluding hydrogens is 330 g/mol. The average Bonchev–Trinajstić information content (AvgIpc) is 3.26. The van der Waals surface area contributed by atoms with Crippen LogP contribution < -0.4 is 4.74 Å². The highest BCUT2D eigenvalue weighted by Gasteiger charge is 2.16. The molecule has 0 fully saturated rings. The number of fused-ring (bicyclic) bond motifs is 1. The van der Waals surface area contributed by atoms with Crippen LogP contribution in [0.15, 0.2) is 43.0 Å². The topological polar surface area (TPSA) is 78.0 Å². The van der Waals surface area contributed by atoms with E-state index in [-0.39, 0.29) is 5.88 Å². The van der Waals surface area contributed by atoms with Crippen molar-refractivity contribution in [1.29, 1.82) is 0 Å². The van der Waals surface area contributed by atoms with Gasteiger partial charge < -0.3 is 9.84 Å². The summed E-state index contributed by atoms with van der Waals surface area (Å²) in [5.74, 6) is 1.47. The normalized spacial score (nSPS) is 11.2. The number of methoxy groups -OCH3 is 1. The number of pyridine rings is 2. The maximum Gasteiger partial charge on any atom is 0.206 e. The first-order valence-corrected chi connectivity index (χ1v) is 8.35. The van der Waals surface area contributed by atoms with E-state index in [0.717, 1.165) is 28.8 Å². The monoisotopic (exact) mass is 349 g/mol. The van der Waals surface area contributed by atoms with E-state index in [4.69, 9.17) is 9.72 Å². The van der Waals surface area contributed by atoms with Gasteiger partial charge in [-0.05, 0) is 31.5 Å². The summed E-state index contributed by atoms with van der Waals surface area (Å²) in [6.45, 7) is 4.74. The summed E-state index contributed by atoms with van der Waals surface area (Å²) in [5.41, 5.74) is 3.26. The van der Waals surface area contributed by atoms with E-state index >= 15 is 0 Å².